The van der Waals surface area contributed by atoms with Crippen LogP contribution >= 0.6 is 22.6 Å². The standard InChI is InChI=1S/C14H16INO3/c1-9-11(14(18)19)6-7-16(9)13(17)8-10-4-2-3-5-12(10)15/h2-5,9,11H,6-8H2,1H3,(H,18,19). The Morgan fingerprint density at radius 3 is 2.68 bits per heavy atom. The van der Waals surface area contributed by atoms with E-state index in [1.165, 1.54) is 0 Å². The van der Waals surface area contributed by atoms with Gasteiger partial charge >= 0.3 is 5.97 Å². The van der Waals surface area contributed by atoms with E-state index in [1.807, 2.05) is 31.2 Å². The Morgan fingerprint density at radius 2 is 2.11 bits per heavy atom. The van der Waals surface area contributed by atoms with Crippen LogP contribution in [0.5, 0.6) is 0 Å². The third-order valence-corrected chi connectivity index (χ3v) is 4.74. The van der Waals surface area contributed by atoms with Crippen LogP contribution in [-0.2, 0) is 16.0 Å². The number of carboxylic acids is 1. The summed E-state index contributed by atoms with van der Waals surface area (Å²) in [4.78, 5) is 25.0. The lowest BCUT2D eigenvalue weighted by Gasteiger charge is -2.23. The number of benzene rings is 1. The van der Waals surface area contributed by atoms with Gasteiger partial charge in [-0.2, -0.15) is 0 Å². The Kier molecular flexibility index (Phi) is 4.44. The van der Waals surface area contributed by atoms with E-state index in [0.29, 0.717) is 19.4 Å². The minimum absolute atomic E-state index is 0.0142. The predicted octanol–water partition coefficient (Wildman–Crippen LogP) is 2.16. The van der Waals surface area contributed by atoms with Gasteiger partial charge in [-0.3, -0.25) is 9.59 Å². The Hall–Kier alpha value is -1.11. The van der Waals surface area contributed by atoms with Crippen LogP contribution in [0.4, 0.5) is 0 Å². The second kappa shape index (κ2) is 5.90. The molecule has 0 spiro atoms. The molecule has 1 amide bonds. The van der Waals surface area contributed by atoms with Gasteiger partial charge in [0.1, 0.15) is 0 Å². The van der Waals surface area contributed by atoms with Crippen molar-refractivity contribution in [3.05, 3.63) is 33.4 Å². The lowest BCUT2D eigenvalue weighted by molar-refractivity contribution is -0.143. The number of hydrogen-bond acceptors (Lipinski definition) is 2. The number of halogens is 1. The fourth-order valence-corrected chi connectivity index (χ4v) is 3.11. The zero-order chi connectivity index (χ0) is 14.0. The van der Waals surface area contributed by atoms with Crippen LogP contribution in [0.1, 0.15) is 18.9 Å². The largest absolute Gasteiger partial charge is 0.481 e. The average molecular weight is 373 g/mol. The van der Waals surface area contributed by atoms with Gasteiger partial charge in [-0.15, -0.1) is 0 Å². The van der Waals surface area contributed by atoms with Crippen LogP contribution in [0.3, 0.4) is 0 Å². The summed E-state index contributed by atoms with van der Waals surface area (Å²) in [6.07, 6.45) is 0.893. The molecule has 0 bridgehead atoms. The SMILES string of the molecule is CC1C(C(=O)O)CCN1C(=O)Cc1ccccc1I. The molecule has 1 saturated heterocycles. The fourth-order valence-electron chi connectivity index (χ4n) is 2.53. The van der Waals surface area contributed by atoms with E-state index >= 15 is 0 Å². The van der Waals surface area contributed by atoms with Crippen LogP contribution in [0.25, 0.3) is 0 Å². The van der Waals surface area contributed by atoms with E-state index in [4.69, 9.17) is 5.11 Å². The number of likely N-dealkylation sites (tertiary alicyclic amines) is 1. The molecule has 2 atom stereocenters. The summed E-state index contributed by atoms with van der Waals surface area (Å²) in [5.41, 5.74) is 0.999. The van der Waals surface area contributed by atoms with Gasteiger partial charge in [0.25, 0.3) is 0 Å². The van der Waals surface area contributed by atoms with E-state index in [0.717, 1.165) is 9.13 Å². The van der Waals surface area contributed by atoms with Gasteiger partial charge in [0.05, 0.1) is 12.3 Å². The molecule has 1 heterocycles. The van der Waals surface area contributed by atoms with Crippen molar-refractivity contribution in [2.24, 2.45) is 5.92 Å². The number of rotatable bonds is 3. The Labute approximate surface area is 125 Å². The van der Waals surface area contributed by atoms with Gasteiger partial charge in [0.2, 0.25) is 5.91 Å². The Bertz CT molecular complexity index is 503. The molecule has 1 aliphatic rings. The summed E-state index contributed by atoms with van der Waals surface area (Å²) in [6, 6.07) is 7.55. The second-order valence-corrected chi connectivity index (χ2v) is 5.99. The van der Waals surface area contributed by atoms with Gasteiger partial charge in [0, 0.05) is 16.2 Å². The molecule has 5 heteroatoms. The molecular formula is C14H16INO3. The van der Waals surface area contributed by atoms with Crippen molar-refractivity contribution in [2.75, 3.05) is 6.54 Å². The summed E-state index contributed by atoms with van der Waals surface area (Å²) in [5.74, 6) is -1.23. The van der Waals surface area contributed by atoms with Crippen molar-refractivity contribution < 1.29 is 14.7 Å². The Morgan fingerprint density at radius 1 is 1.42 bits per heavy atom. The second-order valence-electron chi connectivity index (χ2n) is 4.83. The maximum Gasteiger partial charge on any atom is 0.308 e. The van der Waals surface area contributed by atoms with Crippen LogP contribution in [0.15, 0.2) is 24.3 Å². The monoisotopic (exact) mass is 373 g/mol. The van der Waals surface area contributed by atoms with Crippen molar-refractivity contribution in [1.82, 2.24) is 4.90 Å². The predicted molar refractivity (Wildman–Crippen MR) is 79.8 cm³/mol. The van der Waals surface area contributed by atoms with Gasteiger partial charge in [-0.05, 0) is 47.6 Å². The highest BCUT2D eigenvalue weighted by Crippen LogP contribution is 2.25. The molecule has 19 heavy (non-hydrogen) atoms. The lowest BCUT2D eigenvalue weighted by atomic mass is 10.0. The minimum atomic E-state index is -0.808. The highest BCUT2D eigenvalue weighted by Gasteiger charge is 2.37. The average Bonchev–Trinajstić information content (AvgIpc) is 2.74. The molecule has 0 radical (unpaired) electrons. The third kappa shape index (κ3) is 3.08. The Balaban J connectivity index is 2.06. The van der Waals surface area contributed by atoms with Crippen molar-refractivity contribution in [1.29, 1.82) is 0 Å². The van der Waals surface area contributed by atoms with Crippen LogP contribution in [-0.4, -0.2) is 34.5 Å². The molecular weight excluding hydrogens is 357 g/mol. The molecule has 0 saturated carbocycles. The molecule has 1 aromatic rings. The first-order valence-corrected chi connectivity index (χ1v) is 7.34. The zero-order valence-electron chi connectivity index (χ0n) is 10.7. The molecule has 2 unspecified atom stereocenters. The molecule has 1 N–H and O–H groups in total. The van der Waals surface area contributed by atoms with E-state index < -0.39 is 11.9 Å². The maximum absolute atomic E-state index is 12.3. The van der Waals surface area contributed by atoms with E-state index in [9.17, 15) is 9.59 Å². The molecule has 1 aliphatic heterocycles. The van der Waals surface area contributed by atoms with Crippen molar-refractivity contribution in [3.8, 4) is 0 Å². The minimum Gasteiger partial charge on any atom is -0.481 e. The van der Waals surface area contributed by atoms with Gasteiger partial charge in [-0.25, -0.2) is 0 Å². The quantitative estimate of drug-likeness (QED) is 0.827. The first-order valence-electron chi connectivity index (χ1n) is 6.26. The normalized spacial score (nSPS) is 22.5. The van der Waals surface area contributed by atoms with Crippen LogP contribution in [0, 0.1) is 9.49 Å². The van der Waals surface area contributed by atoms with Crippen molar-refractivity contribution >= 4 is 34.5 Å². The number of carboxylic acid groups (broad SMARTS) is 1. The number of carbonyl (C=O) groups excluding carboxylic acids is 1. The maximum atomic E-state index is 12.3. The zero-order valence-corrected chi connectivity index (χ0v) is 12.8. The van der Waals surface area contributed by atoms with Crippen molar-refractivity contribution in [2.45, 2.75) is 25.8 Å². The molecule has 0 aromatic heterocycles. The molecule has 102 valence electrons. The number of carbonyl (C=O) groups is 2. The molecule has 1 aromatic carbocycles. The van der Waals surface area contributed by atoms with E-state index in [-0.39, 0.29) is 11.9 Å². The summed E-state index contributed by atoms with van der Waals surface area (Å²) >= 11 is 2.21. The van der Waals surface area contributed by atoms with Gasteiger partial charge in [0.15, 0.2) is 0 Å². The number of nitrogens with zero attached hydrogens (tertiary/aromatic N) is 1. The van der Waals surface area contributed by atoms with Crippen molar-refractivity contribution in [3.63, 3.8) is 0 Å². The smallest absolute Gasteiger partial charge is 0.308 e. The van der Waals surface area contributed by atoms with Gasteiger partial charge < -0.3 is 10.0 Å². The van der Waals surface area contributed by atoms with Gasteiger partial charge in [-0.1, -0.05) is 18.2 Å². The highest BCUT2D eigenvalue weighted by molar-refractivity contribution is 14.1. The van der Waals surface area contributed by atoms with E-state index in [1.54, 1.807) is 4.90 Å². The molecule has 4 nitrogen and oxygen atoms in total. The number of hydrogen-bond donors (Lipinski definition) is 1. The number of amides is 1. The fraction of sp³-hybridized carbons (Fsp3) is 0.429. The first kappa shape index (κ1) is 14.3. The first-order chi connectivity index (χ1) is 9.00. The summed E-state index contributed by atoms with van der Waals surface area (Å²) < 4.78 is 1.06. The summed E-state index contributed by atoms with van der Waals surface area (Å²) in [7, 11) is 0. The summed E-state index contributed by atoms with van der Waals surface area (Å²) in [6.45, 7) is 2.36. The summed E-state index contributed by atoms with van der Waals surface area (Å²) in [5, 5.41) is 9.08. The van der Waals surface area contributed by atoms with Crippen LogP contribution < -0.4 is 0 Å². The molecule has 2 rings (SSSR count). The van der Waals surface area contributed by atoms with Crippen LogP contribution in [0.2, 0.25) is 0 Å². The van der Waals surface area contributed by atoms with E-state index in [2.05, 4.69) is 22.6 Å². The molecule has 1 fully saturated rings. The lowest BCUT2D eigenvalue weighted by Crippen LogP contribution is -2.38. The topological polar surface area (TPSA) is 57.6 Å². The highest BCUT2D eigenvalue weighted by atomic mass is 127. The number of aliphatic carboxylic acids is 1. The molecule has 0 aliphatic carbocycles. The third-order valence-electron chi connectivity index (χ3n) is 3.69.